The van der Waals surface area contributed by atoms with Crippen molar-refractivity contribution in [2.45, 2.75) is 57.8 Å². The van der Waals surface area contributed by atoms with Crippen LogP contribution in [0.2, 0.25) is 5.04 Å². The van der Waals surface area contributed by atoms with E-state index in [1.807, 2.05) is 43.3 Å². The summed E-state index contributed by atoms with van der Waals surface area (Å²) in [5.41, 5.74) is 0. The molecule has 0 aromatic heterocycles. The van der Waals surface area contributed by atoms with E-state index in [4.69, 9.17) is 13.9 Å². The minimum Gasteiger partial charge on any atom is -0.458 e. The van der Waals surface area contributed by atoms with Crippen molar-refractivity contribution in [3.05, 3.63) is 60.7 Å². The molecular weight excluding hydrogens is 380 g/mol. The van der Waals surface area contributed by atoms with Crippen molar-refractivity contribution >= 4 is 24.7 Å². The highest BCUT2D eigenvalue weighted by atomic mass is 28.4. The van der Waals surface area contributed by atoms with Crippen LogP contribution in [0.25, 0.3) is 0 Å². The molecule has 1 aliphatic heterocycles. The van der Waals surface area contributed by atoms with E-state index >= 15 is 0 Å². The monoisotopic (exact) mass is 412 g/mol. The van der Waals surface area contributed by atoms with Crippen molar-refractivity contribution in [2.24, 2.45) is 0 Å². The summed E-state index contributed by atoms with van der Waals surface area (Å²) in [4.78, 5) is 12.6. The number of carbonyl (C=O) groups is 1. The lowest BCUT2D eigenvalue weighted by Crippen LogP contribution is -2.67. The Bertz CT molecular complexity index is 738. The second kappa shape index (κ2) is 9.24. The third kappa shape index (κ3) is 4.97. The average Bonchev–Trinajstić information content (AvgIpc) is 2.71. The minimum atomic E-state index is -2.72. The Kier molecular flexibility index (Phi) is 6.93. The van der Waals surface area contributed by atoms with Crippen LogP contribution in [0, 0.1) is 0 Å². The largest absolute Gasteiger partial charge is 0.458 e. The molecule has 2 aromatic carbocycles. The third-order valence-corrected chi connectivity index (χ3v) is 10.6. The van der Waals surface area contributed by atoms with Crippen molar-refractivity contribution in [3.63, 3.8) is 0 Å². The molecule has 0 spiro atoms. The first kappa shape index (κ1) is 21.7. The van der Waals surface area contributed by atoms with Gasteiger partial charge in [-0.05, 0) is 35.2 Å². The van der Waals surface area contributed by atoms with Gasteiger partial charge in [-0.25, -0.2) is 4.79 Å². The molecule has 1 heterocycles. The van der Waals surface area contributed by atoms with Crippen LogP contribution < -0.4 is 10.4 Å². The Hall–Kier alpha value is -1.95. The molecule has 29 heavy (non-hydrogen) atoms. The van der Waals surface area contributed by atoms with Crippen molar-refractivity contribution in [3.8, 4) is 0 Å². The fourth-order valence-corrected chi connectivity index (χ4v) is 8.59. The molecule has 1 saturated heterocycles. The highest BCUT2D eigenvalue weighted by Crippen LogP contribution is 2.36. The number of carbonyl (C=O) groups excluding carboxylic acids is 1. The molecule has 0 saturated carbocycles. The summed E-state index contributed by atoms with van der Waals surface area (Å²) in [6.45, 7) is 9.04. The Morgan fingerprint density at radius 3 is 2.00 bits per heavy atom. The van der Waals surface area contributed by atoms with E-state index in [1.54, 1.807) is 0 Å². The van der Waals surface area contributed by atoms with Gasteiger partial charge in [-0.1, -0.05) is 81.4 Å². The van der Waals surface area contributed by atoms with Crippen molar-refractivity contribution in [1.82, 2.24) is 0 Å². The van der Waals surface area contributed by atoms with E-state index in [9.17, 15) is 4.79 Å². The quantitative estimate of drug-likeness (QED) is 0.536. The first-order valence-electron chi connectivity index (χ1n) is 10.4. The molecule has 1 aliphatic rings. The van der Waals surface area contributed by atoms with E-state index < -0.39 is 8.32 Å². The average molecular weight is 413 g/mol. The van der Waals surface area contributed by atoms with E-state index in [-0.39, 0.29) is 29.8 Å². The molecule has 2 aromatic rings. The molecule has 2 unspecified atom stereocenters. The second-order valence-corrected chi connectivity index (χ2v) is 13.1. The Balaban J connectivity index is 1.85. The maximum Gasteiger partial charge on any atom is 0.331 e. The summed E-state index contributed by atoms with van der Waals surface area (Å²) in [6.07, 6.45) is 1.80. The highest BCUT2D eigenvalue weighted by Gasteiger charge is 2.50. The molecule has 1 fully saturated rings. The summed E-state index contributed by atoms with van der Waals surface area (Å²) in [7, 11) is -2.72. The molecule has 4 nitrogen and oxygen atoms in total. The predicted octanol–water partition coefficient (Wildman–Crippen LogP) is 3.67. The van der Waals surface area contributed by atoms with Crippen LogP contribution in [0.1, 0.15) is 40.5 Å². The van der Waals surface area contributed by atoms with Gasteiger partial charge in [0.05, 0.1) is 12.7 Å². The lowest BCUT2D eigenvalue weighted by Gasteiger charge is -2.42. The zero-order valence-corrected chi connectivity index (χ0v) is 18.9. The van der Waals surface area contributed by atoms with Crippen LogP contribution in [0.5, 0.6) is 0 Å². The zero-order valence-electron chi connectivity index (χ0n) is 17.9. The normalized spacial score (nSPS) is 20.3. The molecule has 0 amide bonds. The number of esters is 1. The van der Waals surface area contributed by atoms with Gasteiger partial charge in [-0.3, -0.25) is 0 Å². The predicted molar refractivity (Wildman–Crippen MR) is 118 cm³/mol. The Morgan fingerprint density at radius 2 is 1.55 bits per heavy atom. The molecule has 156 valence electrons. The molecule has 0 bridgehead atoms. The lowest BCUT2D eigenvalue weighted by atomic mass is 10.1. The van der Waals surface area contributed by atoms with Gasteiger partial charge in [0.15, 0.2) is 0 Å². The number of hydrogen-bond acceptors (Lipinski definition) is 4. The van der Waals surface area contributed by atoms with E-state index in [2.05, 4.69) is 45.0 Å². The van der Waals surface area contributed by atoms with Crippen LogP contribution in [0.4, 0.5) is 0 Å². The van der Waals surface area contributed by atoms with Gasteiger partial charge in [0, 0.05) is 0 Å². The van der Waals surface area contributed by atoms with E-state index in [1.165, 1.54) is 0 Å². The van der Waals surface area contributed by atoms with Crippen LogP contribution >= 0.6 is 0 Å². The molecule has 3 rings (SSSR count). The molecule has 0 N–H and O–H groups in total. The fourth-order valence-electron chi connectivity index (χ4n) is 4.10. The number of hydrogen-bond donors (Lipinski definition) is 0. The summed E-state index contributed by atoms with van der Waals surface area (Å²) in [5.74, 6) is -0.318. The summed E-state index contributed by atoms with van der Waals surface area (Å²) in [6, 6.07) is 20.6. The SMILES string of the molecule is CC1CCC(OC(=O)CO[Si](c2ccccc2)(c2ccccc2)C(C)(C)C)CO1. The maximum absolute atomic E-state index is 12.6. The Labute approximate surface area is 175 Å². The third-order valence-electron chi connectivity index (χ3n) is 5.58. The maximum atomic E-state index is 12.6. The first-order valence-corrected chi connectivity index (χ1v) is 12.3. The fraction of sp³-hybridized carbons (Fsp3) is 0.458. The number of ether oxygens (including phenoxy) is 2. The lowest BCUT2D eigenvalue weighted by molar-refractivity contribution is -0.160. The molecular formula is C24H32O4Si. The van der Waals surface area contributed by atoms with Crippen molar-refractivity contribution in [2.75, 3.05) is 13.2 Å². The van der Waals surface area contributed by atoms with Crippen molar-refractivity contribution in [1.29, 1.82) is 0 Å². The molecule has 0 aliphatic carbocycles. The van der Waals surface area contributed by atoms with Gasteiger partial charge in [0.1, 0.15) is 12.7 Å². The number of benzene rings is 2. The van der Waals surface area contributed by atoms with Gasteiger partial charge in [0.25, 0.3) is 8.32 Å². The van der Waals surface area contributed by atoms with Gasteiger partial charge in [-0.15, -0.1) is 0 Å². The number of rotatable bonds is 6. The molecule has 0 radical (unpaired) electrons. The summed E-state index contributed by atoms with van der Waals surface area (Å²) >= 11 is 0. The first-order chi connectivity index (χ1) is 13.8. The van der Waals surface area contributed by atoms with Gasteiger partial charge >= 0.3 is 5.97 Å². The van der Waals surface area contributed by atoms with E-state index in [0.717, 1.165) is 23.2 Å². The Morgan fingerprint density at radius 1 is 1.00 bits per heavy atom. The van der Waals surface area contributed by atoms with Crippen LogP contribution in [-0.4, -0.2) is 39.7 Å². The molecule has 5 heteroatoms. The smallest absolute Gasteiger partial charge is 0.331 e. The van der Waals surface area contributed by atoms with Crippen LogP contribution in [0.15, 0.2) is 60.7 Å². The minimum absolute atomic E-state index is 0.0562. The summed E-state index contributed by atoms with van der Waals surface area (Å²) in [5, 5.41) is 2.14. The van der Waals surface area contributed by atoms with Crippen LogP contribution in [0.3, 0.4) is 0 Å². The van der Waals surface area contributed by atoms with Gasteiger partial charge < -0.3 is 13.9 Å². The summed E-state index contributed by atoms with van der Waals surface area (Å²) < 4.78 is 17.9. The highest BCUT2D eigenvalue weighted by molar-refractivity contribution is 6.99. The second-order valence-electron chi connectivity index (χ2n) is 8.79. The zero-order chi connectivity index (χ0) is 20.9. The van der Waals surface area contributed by atoms with E-state index in [0.29, 0.717) is 6.61 Å². The molecule has 2 atom stereocenters. The van der Waals surface area contributed by atoms with Gasteiger partial charge in [0.2, 0.25) is 0 Å². The van der Waals surface area contributed by atoms with Gasteiger partial charge in [-0.2, -0.15) is 0 Å². The van der Waals surface area contributed by atoms with Crippen molar-refractivity contribution < 1.29 is 18.7 Å². The standard InChI is InChI=1S/C24H32O4Si/c1-19-15-16-20(17-26-19)28-23(25)18-27-29(24(2,3)4,21-11-7-5-8-12-21)22-13-9-6-10-14-22/h5-14,19-20H,15-18H2,1-4H3. The van der Waals surface area contributed by atoms with Crippen LogP contribution in [-0.2, 0) is 18.7 Å². The topological polar surface area (TPSA) is 44.8 Å².